The van der Waals surface area contributed by atoms with Crippen LogP contribution in [0.1, 0.15) is 66.7 Å². The number of nitrogens with two attached hydrogens (primary N) is 1. The molecule has 18 heavy (non-hydrogen) atoms. The standard InChI is InChI=1S/C15H31NO2/c1-12(2)9-10-13(8-6-7-11-16)14(17)18-15(3,4)5/h12-13H,6-11,16H2,1-5H3. The first kappa shape index (κ1) is 17.4. The summed E-state index contributed by atoms with van der Waals surface area (Å²) in [6.45, 7) is 10.8. The number of unbranched alkanes of at least 4 members (excludes halogenated alkanes) is 1. The molecule has 0 bridgehead atoms. The van der Waals surface area contributed by atoms with E-state index < -0.39 is 0 Å². The minimum absolute atomic E-state index is 0.0400. The smallest absolute Gasteiger partial charge is 0.309 e. The molecular weight excluding hydrogens is 226 g/mol. The topological polar surface area (TPSA) is 52.3 Å². The van der Waals surface area contributed by atoms with Gasteiger partial charge in [-0.3, -0.25) is 4.79 Å². The summed E-state index contributed by atoms with van der Waals surface area (Å²) in [5.74, 6) is 0.628. The molecule has 0 aliphatic carbocycles. The molecule has 3 heteroatoms. The van der Waals surface area contributed by atoms with Crippen molar-refractivity contribution in [2.75, 3.05) is 6.54 Å². The Morgan fingerprint density at radius 3 is 2.17 bits per heavy atom. The van der Waals surface area contributed by atoms with Gasteiger partial charge in [0.2, 0.25) is 0 Å². The molecule has 3 nitrogen and oxygen atoms in total. The zero-order valence-corrected chi connectivity index (χ0v) is 12.8. The fraction of sp³-hybridized carbons (Fsp3) is 0.933. The van der Waals surface area contributed by atoms with Gasteiger partial charge in [0, 0.05) is 0 Å². The van der Waals surface area contributed by atoms with E-state index in [0.29, 0.717) is 12.5 Å². The average Bonchev–Trinajstić information content (AvgIpc) is 2.20. The van der Waals surface area contributed by atoms with Crippen LogP contribution >= 0.6 is 0 Å². The lowest BCUT2D eigenvalue weighted by molar-refractivity contribution is -0.160. The zero-order chi connectivity index (χ0) is 14.2. The molecule has 108 valence electrons. The highest BCUT2D eigenvalue weighted by atomic mass is 16.6. The van der Waals surface area contributed by atoms with Crippen molar-refractivity contribution < 1.29 is 9.53 Å². The van der Waals surface area contributed by atoms with Crippen molar-refractivity contribution in [1.82, 2.24) is 0 Å². The molecule has 0 fully saturated rings. The molecule has 0 aromatic rings. The third-order valence-corrected chi connectivity index (χ3v) is 2.84. The van der Waals surface area contributed by atoms with Gasteiger partial charge in [-0.05, 0) is 52.5 Å². The Kier molecular flexibility index (Phi) is 8.25. The molecule has 0 saturated heterocycles. The van der Waals surface area contributed by atoms with Crippen LogP contribution in [0.4, 0.5) is 0 Å². The Morgan fingerprint density at radius 1 is 1.11 bits per heavy atom. The minimum atomic E-state index is -0.388. The highest BCUT2D eigenvalue weighted by Crippen LogP contribution is 2.22. The van der Waals surface area contributed by atoms with Crippen LogP contribution in [-0.2, 0) is 9.53 Å². The molecule has 0 spiro atoms. The van der Waals surface area contributed by atoms with E-state index in [1.54, 1.807) is 0 Å². The van der Waals surface area contributed by atoms with Crippen molar-refractivity contribution in [2.45, 2.75) is 72.3 Å². The molecule has 1 atom stereocenters. The van der Waals surface area contributed by atoms with E-state index in [1.165, 1.54) is 0 Å². The summed E-state index contributed by atoms with van der Waals surface area (Å²) in [6, 6.07) is 0. The van der Waals surface area contributed by atoms with Gasteiger partial charge in [0.05, 0.1) is 5.92 Å². The number of esters is 1. The molecule has 0 amide bonds. The molecule has 0 radical (unpaired) electrons. The molecule has 0 aromatic carbocycles. The van der Waals surface area contributed by atoms with Gasteiger partial charge in [-0.15, -0.1) is 0 Å². The van der Waals surface area contributed by atoms with Crippen molar-refractivity contribution in [3.05, 3.63) is 0 Å². The first-order chi connectivity index (χ1) is 8.26. The zero-order valence-electron chi connectivity index (χ0n) is 12.8. The lowest BCUT2D eigenvalue weighted by Crippen LogP contribution is -2.29. The van der Waals surface area contributed by atoms with Crippen LogP contribution in [0, 0.1) is 11.8 Å². The predicted molar refractivity (Wildman–Crippen MR) is 76.3 cm³/mol. The predicted octanol–water partition coefficient (Wildman–Crippen LogP) is 3.51. The van der Waals surface area contributed by atoms with E-state index in [-0.39, 0.29) is 17.5 Å². The normalized spacial score (nSPS) is 13.7. The van der Waals surface area contributed by atoms with Crippen LogP contribution in [-0.4, -0.2) is 18.1 Å². The number of carbonyl (C=O) groups is 1. The lowest BCUT2D eigenvalue weighted by atomic mass is 9.93. The maximum absolute atomic E-state index is 12.1. The quantitative estimate of drug-likeness (QED) is 0.535. The Bertz CT molecular complexity index is 231. The van der Waals surface area contributed by atoms with E-state index in [4.69, 9.17) is 10.5 Å². The van der Waals surface area contributed by atoms with Crippen LogP contribution in [0.15, 0.2) is 0 Å². The Balaban J connectivity index is 4.29. The van der Waals surface area contributed by atoms with Gasteiger partial charge in [-0.1, -0.05) is 26.7 Å². The average molecular weight is 257 g/mol. The maximum Gasteiger partial charge on any atom is 0.309 e. The summed E-state index contributed by atoms with van der Waals surface area (Å²) in [4.78, 5) is 12.1. The summed E-state index contributed by atoms with van der Waals surface area (Å²) in [5, 5.41) is 0. The van der Waals surface area contributed by atoms with Gasteiger partial charge in [0.1, 0.15) is 5.60 Å². The van der Waals surface area contributed by atoms with E-state index >= 15 is 0 Å². The molecule has 0 aliphatic rings. The third-order valence-electron chi connectivity index (χ3n) is 2.84. The molecule has 0 rings (SSSR count). The fourth-order valence-electron chi connectivity index (χ4n) is 1.83. The Morgan fingerprint density at radius 2 is 1.72 bits per heavy atom. The summed E-state index contributed by atoms with van der Waals surface area (Å²) < 4.78 is 5.49. The first-order valence-corrected chi connectivity index (χ1v) is 7.19. The monoisotopic (exact) mass is 257 g/mol. The molecule has 0 aliphatic heterocycles. The Labute approximate surface area is 112 Å². The highest BCUT2D eigenvalue weighted by molar-refractivity contribution is 5.72. The number of hydrogen-bond donors (Lipinski definition) is 1. The van der Waals surface area contributed by atoms with Gasteiger partial charge in [-0.25, -0.2) is 0 Å². The fourth-order valence-corrected chi connectivity index (χ4v) is 1.83. The third kappa shape index (κ3) is 9.46. The molecule has 0 aromatic heterocycles. The van der Waals surface area contributed by atoms with E-state index in [9.17, 15) is 4.79 Å². The van der Waals surface area contributed by atoms with Crippen LogP contribution in [0.3, 0.4) is 0 Å². The largest absolute Gasteiger partial charge is 0.460 e. The summed E-state index contributed by atoms with van der Waals surface area (Å²) in [5.41, 5.74) is 5.11. The number of ether oxygens (including phenoxy) is 1. The molecule has 2 N–H and O–H groups in total. The van der Waals surface area contributed by atoms with Crippen LogP contribution in [0.2, 0.25) is 0 Å². The second kappa shape index (κ2) is 8.52. The molecule has 0 saturated carbocycles. The van der Waals surface area contributed by atoms with E-state index in [1.807, 2.05) is 20.8 Å². The van der Waals surface area contributed by atoms with Crippen LogP contribution < -0.4 is 5.73 Å². The number of carbonyl (C=O) groups excluding carboxylic acids is 1. The maximum atomic E-state index is 12.1. The number of hydrogen-bond acceptors (Lipinski definition) is 3. The number of rotatable bonds is 8. The lowest BCUT2D eigenvalue weighted by Gasteiger charge is -2.24. The van der Waals surface area contributed by atoms with Gasteiger partial charge in [0.25, 0.3) is 0 Å². The van der Waals surface area contributed by atoms with Gasteiger partial charge in [-0.2, -0.15) is 0 Å². The SMILES string of the molecule is CC(C)CCC(CCCCN)C(=O)OC(C)(C)C. The van der Waals surface area contributed by atoms with Gasteiger partial charge < -0.3 is 10.5 Å². The Hall–Kier alpha value is -0.570. The van der Waals surface area contributed by atoms with Crippen molar-refractivity contribution in [3.8, 4) is 0 Å². The summed E-state index contributed by atoms with van der Waals surface area (Å²) in [7, 11) is 0. The molecule has 1 unspecified atom stereocenters. The van der Waals surface area contributed by atoms with E-state index in [0.717, 1.165) is 32.1 Å². The first-order valence-electron chi connectivity index (χ1n) is 7.19. The summed E-state index contributed by atoms with van der Waals surface area (Å²) >= 11 is 0. The summed E-state index contributed by atoms with van der Waals surface area (Å²) in [6.07, 6.45) is 4.90. The molecular formula is C15H31NO2. The van der Waals surface area contributed by atoms with E-state index in [2.05, 4.69) is 13.8 Å². The van der Waals surface area contributed by atoms with Crippen molar-refractivity contribution in [3.63, 3.8) is 0 Å². The second-order valence-corrected chi connectivity index (χ2v) is 6.49. The molecule has 0 heterocycles. The van der Waals surface area contributed by atoms with Crippen LogP contribution in [0.25, 0.3) is 0 Å². The van der Waals surface area contributed by atoms with Crippen LogP contribution in [0.5, 0.6) is 0 Å². The van der Waals surface area contributed by atoms with Crippen molar-refractivity contribution >= 4 is 5.97 Å². The van der Waals surface area contributed by atoms with Crippen molar-refractivity contribution in [2.24, 2.45) is 17.6 Å². The highest BCUT2D eigenvalue weighted by Gasteiger charge is 2.24. The second-order valence-electron chi connectivity index (χ2n) is 6.49. The van der Waals surface area contributed by atoms with Gasteiger partial charge in [0.15, 0.2) is 0 Å². The van der Waals surface area contributed by atoms with Crippen molar-refractivity contribution in [1.29, 1.82) is 0 Å². The van der Waals surface area contributed by atoms with Gasteiger partial charge >= 0.3 is 5.97 Å². The minimum Gasteiger partial charge on any atom is -0.460 e.